The van der Waals surface area contributed by atoms with E-state index in [9.17, 15) is 4.79 Å². The molecule has 4 heteroatoms. The molecule has 0 bridgehead atoms. The number of aliphatic carboxylic acids is 1. The van der Waals surface area contributed by atoms with Crippen molar-refractivity contribution < 1.29 is 9.90 Å². The Balaban J connectivity index is 1.81. The molecule has 0 radical (unpaired) electrons. The molecule has 0 unspecified atom stereocenters. The van der Waals surface area contributed by atoms with Gasteiger partial charge >= 0.3 is 5.97 Å². The maximum Gasteiger partial charge on any atom is 0.303 e. The third kappa shape index (κ3) is 3.82. The molecule has 2 rings (SSSR count). The number of unbranched alkanes of at least 4 members (excludes halogenated alkanes) is 1. The molecule has 0 amide bonds. The van der Waals surface area contributed by atoms with Crippen LogP contribution < -0.4 is 0 Å². The van der Waals surface area contributed by atoms with Crippen LogP contribution >= 0.6 is 15.9 Å². The van der Waals surface area contributed by atoms with Gasteiger partial charge in [0.1, 0.15) is 0 Å². The van der Waals surface area contributed by atoms with E-state index in [1.165, 1.54) is 11.1 Å². The zero-order valence-corrected chi connectivity index (χ0v) is 11.9. The van der Waals surface area contributed by atoms with E-state index in [1.807, 2.05) is 0 Å². The number of carboxylic acids is 1. The number of benzene rings is 1. The maximum absolute atomic E-state index is 10.4. The second kappa shape index (κ2) is 6.34. The summed E-state index contributed by atoms with van der Waals surface area (Å²) in [5.74, 6) is -0.691. The summed E-state index contributed by atoms with van der Waals surface area (Å²) in [6.07, 6.45) is 3.13. The average molecular weight is 312 g/mol. The summed E-state index contributed by atoms with van der Waals surface area (Å²) in [5, 5.41) is 8.59. The average Bonchev–Trinajstić information content (AvgIpc) is 2.34. The van der Waals surface area contributed by atoms with Gasteiger partial charge in [0.15, 0.2) is 0 Å². The molecule has 0 saturated heterocycles. The Bertz CT molecular complexity index is 434. The van der Waals surface area contributed by atoms with E-state index in [4.69, 9.17) is 5.11 Å². The van der Waals surface area contributed by atoms with Gasteiger partial charge in [0, 0.05) is 24.0 Å². The number of nitrogens with zero attached hydrogens (tertiary/aromatic N) is 1. The SMILES string of the molecule is O=C(O)CCCCN1CCc2cc(Br)ccc2C1. The molecule has 0 atom stereocenters. The van der Waals surface area contributed by atoms with Gasteiger partial charge in [-0.2, -0.15) is 0 Å². The normalized spacial score (nSPS) is 15.4. The minimum absolute atomic E-state index is 0.289. The third-order valence-electron chi connectivity index (χ3n) is 3.37. The second-order valence-corrected chi connectivity index (χ2v) is 5.71. The molecule has 1 N–H and O–H groups in total. The fraction of sp³-hybridized carbons (Fsp3) is 0.500. The summed E-state index contributed by atoms with van der Waals surface area (Å²) in [7, 11) is 0. The predicted octanol–water partition coefficient (Wildman–Crippen LogP) is 3.06. The van der Waals surface area contributed by atoms with E-state index in [2.05, 4.69) is 39.0 Å². The summed E-state index contributed by atoms with van der Waals surface area (Å²) in [6, 6.07) is 6.48. The number of carbonyl (C=O) groups is 1. The summed E-state index contributed by atoms with van der Waals surface area (Å²) in [6.45, 7) is 3.08. The first-order chi connectivity index (χ1) is 8.65. The van der Waals surface area contributed by atoms with Crippen molar-refractivity contribution in [2.45, 2.75) is 32.2 Å². The predicted molar refractivity (Wildman–Crippen MR) is 74.6 cm³/mol. The fourth-order valence-electron chi connectivity index (χ4n) is 2.38. The monoisotopic (exact) mass is 311 g/mol. The minimum Gasteiger partial charge on any atom is -0.481 e. The molecule has 18 heavy (non-hydrogen) atoms. The van der Waals surface area contributed by atoms with E-state index in [0.717, 1.165) is 43.4 Å². The number of hydrogen-bond donors (Lipinski definition) is 1. The van der Waals surface area contributed by atoms with Crippen molar-refractivity contribution in [2.24, 2.45) is 0 Å². The van der Waals surface area contributed by atoms with Crippen LogP contribution in [0.3, 0.4) is 0 Å². The number of halogens is 1. The first-order valence-electron chi connectivity index (χ1n) is 6.36. The molecule has 0 spiro atoms. The molecular weight excluding hydrogens is 294 g/mol. The van der Waals surface area contributed by atoms with E-state index >= 15 is 0 Å². The van der Waals surface area contributed by atoms with Crippen LogP contribution in [-0.4, -0.2) is 29.1 Å². The molecule has 1 aliphatic rings. The highest BCUT2D eigenvalue weighted by Gasteiger charge is 2.15. The molecule has 98 valence electrons. The number of hydrogen-bond acceptors (Lipinski definition) is 2. The van der Waals surface area contributed by atoms with Crippen LogP contribution in [0.4, 0.5) is 0 Å². The van der Waals surface area contributed by atoms with Crippen LogP contribution in [0, 0.1) is 0 Å². The Hall–Kier alpha value is -0.870. The Morgan fingerprint density at radius 1 is 1.33 bits per heavy atom. The Kier molecular flexibility index (Phi) is 4.78. The molecule has 0 aromatic heterocycles. The van der Waals surface area contributed by atoms with Crippen molar-refractivity contribution in [3.63, 3.8) is 0 Å². The van der Waals surface area contributed by atoms with Crippen LogP contribution in [0.25, 0.3) is 0 Å². The zero-order chi connectivity index (χ0) is 13.0. The van der Waals surface area contributed by atoms with Crippen LogP contribution in [0.15, 0.2) is 22.7 Å². The Labute approximate surface area is 116 Å². The summed E-state index contributed by atoms with van der Waals surface area (Å²) in [4.78, 5) is 12.8. The number of fused-ring (bicyclic) bond motifs is 1. The molecule has 0 fully saturated rings. The largest absolute Gasteiger partial charge is 0.481 e. The van der Waals surface area contributed by atoms with Crippen molar-refractivity contribution in [1.82, 2.24) is 4.90 Å². The molecule has 3 nitrogen and oxygen atoms in total. The van der Waals surface area contributed by atoms with Crippen molar-refractivity contribution in [2.75, 3.05) is 13.1 Å². The third-order valence-corrected chi connectivity index (χ3v) is 3.87. The second-order valence-electron chi connectivity index (χ2n) is 4.79. The van der Waals surface area contributed by atoms with Gasteiger partial charge in [0.25, 0.3) is 0 Å². The first kappa shape index (κ1) is 13.6. The van der Waals surface area contributed by atoms with Gasteiger partial charge in [-0.25, -0.2) is 0 Å². The van der Waals surface area contributed by atoms with Gasteiger partial charge in [-0.15, -0.1) is 0 Å². The van der Waals surface area contributed by atoms with Crippen LogP contribution in [0.5, 0.6) is 0 Å². The van der Waals surface area contributed by atoms with Crippen molar-refractivity contribution >= 4 is 21.9 Å². The minimum atomic E-state index is -0.691. The lowest BCUT2D eigenvalue weighted by Crippen LogP contribution is -2.31. The lowest BCUT2D eigenvalue weighted by molar-refractivity contribution is -0.137. The quantitative estimate of drug-likeness (QED) is 0.850. The van der Waals surface area contributed by atoms with Gasteiger partial charge in [-0.3, -0.25) is 9.69 Å². The topological polar surface area (TPSA) is 40.5 Å². The van der Waals surface area contributed by atoms with E-state index in [1.54, 1.807) is 0 Å². The fourth-order valence-corrected chi connectivity index (χ4v) is 2.79. The highest BCUT2D eigenvalue weighted by molar-refractivity contribution is 9.10. The summed E-state index contributed by atoms with van der Waals surface area (Å²) in [5.41, 5.74) is 2.84. The molecule has 1 aliphatic heterocycles. The number of rotatable bonds is 5. The van der Waals surface area contributed by atoms with Gasteiger partial charge < -0.3 is 5.11 Å². The van der Waals surface area contributed by atoms with E-state index < -0.39 is 5.97 Å². The van der Waals surface area contributed by atoms with Gasteiger partial charge in [0.2, 0.25) is 0 Å². The zero-order valence-electron chi connectivity index (χ0n) is 10.4. The van der Waals surface area contributed by atoms with Crippen LogP contribution in [0.2, 0.25) is 0 Å². The molecule has 1 aromatic rings. The highest BCUT2D eigenvalue weighted by atomic mass is 79.9. The lowest BCUT2D eigenvalue weighted by Gasteiger charge is -2.28. The lowest BCUT2D eigenvalue weighted by atomic mass is 10.00. The van der Waals surface area contributed by atoms with E-state index in [-0.39, 0.29) is 6.42 Å². The van der Waals surface area contributed by atoms with Crippen molar-refractivity contribution in [3.05, 3.63) is 33.8 Å². The molecule has 1 heterocycles. The van der Waals surface area contributed by atoms with Crippen molar-refractivity contribution in [3.8, 4) is 0 Å². The van der Waals surface area contributed by atoms with Gasteiger partial charge in [-0.1, -0.05) is 22.0 Å². The standard InChI is InChI=1S/C14H18BrNO2/c15-13-5-4-12-10-16(8-6-11(12)9-13)7-2-1-3-14(17)18/h4-5,9H,1-3,6-8,10H2,(H,17,18). The number of carboxylic acid groups (broad SMARTS) is 1. The Morgan fingerprint density at radius 2 is 2.17 bits per heavy atom. The molecule has 1 aromatic carbocycles. The molecule has 0 aliphatic carbocycles. The highest BCUT2D eigenvalue weighted by Crippen LogP contribution is 2.23. The summed E-state index contributed by atoms with van der Waals surface area (Å²) >= 11 is 3.50. The van der Waals surface area contributed by atoms with Crippen LogP contribution in [0.1, 0.15) is 30.4 Å². The van der Waals surface area contributed by atoms with Crippen LogP contribution in [-0.2, 0) is 17.8 Å². The van der Waals surface area contributed by atoms with Gasteiger partial charge in [-0.05, 0) is 49.1 Å². The molecular formula is C14H18BrNO2. The first-order valence-corrected chi connectivity index (χ1v) is 7.16. The smallest absolute Gasteiger partial charge is 0.303 e. The molecule has 0 saturated carbocycles. The maximum atomic E-state index is 10.4. The summed E-state index contributed by atoms with van der Waals surface area (Å²) < 4.78 is 1.15. The van der Waals surface area contributed by atoms with E-state index in [0.29, 0.717) is 0 Å². The van der Waals surface area contributed by atoms with Crippen molar-refractivity contribution in [1.29, 1.82) is 0 Å². The van der Waals surface area contributed by atoms with Gasteiger partial charge in [0.05, 0.1) is 0 Å². The Morgan fingerprint density at radius 3 is 2.94 bits per heavy atom.